The molecule has 0 aromatic heterocycles. The smallest absolute Gasteiger partial charge is 0.251 e. The van der Waals surface area contributed by atoms with Gasteiger partial charge in [0.1, 0.15) is 11.5 Å². The lowest BCUT2D eigenvalue weighted by Crippen LogP contribution is -2.38. The van der Waals surface area contributed by atoms with Gasteiger partial charge < -0.3 is 15.2 Å². The molecular formula is C19H21NO3. The Hall–Kier alpha value is -2.33. The van der Waals surface area contributed by atoms with E-state index < -0.39 is 0 Å². The van der Waals surface area contributed by atoms with Crippen molar-refractivity contribution >= 4 is 5.91 Å². The van der Waals surface area contributed by atoms with Crippen LogP contribution in [-0.4, -0.2) is 23.2 Å². The highest BCUT2D eigenvalue weighted by Crippen LogP contribution is 2.22. The van der Waals surface area contributed by atoms with Gasteiger partial charge in [0.05, 0.1) is 6.10 Å². The molecule has 4 nitrogen and oxygen atoms in total. The fourth-order valence-electron chi connectivity index (χ4n) is 2.79. The molecule has 120 valence electrons. The lowest BCUT2D eigenvalue weighted by molar-refractivity contribution is 0.0867. The number of ether oxygens (including phenoxy) is 1. The van der Waals surface area contributed by atoms with Crippen LogP contribution in [0.1, 0.15) is 36.0 Å². The first-order valence-electron chi connectivity index (χ1n) is 8.02. The second-order valence-corrected chi connectivity index (χ2v) is 5.92. The van der Waals surface area contributed by atoms with Crippen LogP contribution in [0.4, 0.5) is 0 Å². The molecule has 1 aliphatic carbocycles. The van der Waals surface area contributed by atoms with E-state index in [1.165, 1.54) is 0 Å². The van der Waals surface area contributed by atoms with Gasteiger partial charge in [-0.05, 0) is 62.1 Å². The summed E-state index contributed by atoms with van der Waals surface area (Å²) in [6.45, 7) is 0. The minimum Gasteiger partial charge on any atom is -0.457 e. The van der Waals surface area contributed by atoms with Crippen molar-refractivity contribution in [3.63, 3.8) is 0 Å². The third-order valence-electron chi connectivity index (χ3n) is 4.13. The lowest BCUT2D eigenvalue weighted by atomic mass is 9.93. The maximum atomic E-state index is 12.2. The van der Waals surface area contributed by atoms with Crippen LogP contribution < -0.4 is 10.1 Å². The molecule has 2 aromatic carbocycles. The highest BCUT2D eigenvalue weighted by Gasteiger charge is 2.21. The first-order chi connectivity index (χ1) is 11.2. The molecule has 1 aliphatic rings. The van der Waals surface area contributed by atoms with Crippen molar-refractivity contribution in [1.29, 1.82) is 0 Å². The quantitative estimate of drug-likeness (QED) is 0.908. The van der Waals surface area contributed by atoms with Crippen molar-refractivity contribution in [1.82, 2.24) is 5.32 Å². The molecule has 1 saturated carbocycles. The van der Waals surface area contributed by atoms with Gasteiger partial charge in [0.25, 0.3) is 5.91 Å². The van der Waals surface area contributed by atoms with E-state index >= 15 is 0 Å². The van der Waals surface area contributed by atoms with Crippen molar-refractivity contribution in [2.75, 3.05) is 0 Å². The summed E-state index contributed by atoms with van der Waals surface area (Å²) < 4.78 is 5.72. The minimum absolute atomic E-state index is 0.0716. The van der Waals surface area contributed by atoms with Gasteiger partial charge in [0, 0.05) is 11.6 Å². The molecule has 4 heteroatoms. The number of hydrogen-bond donors (Lipinski definition) is 2. The summed E-state index contributed by atoms with van der Waals surface area (Å²) in [4.78, 5) is 12.2. The molecular weight excluding hydrogens is 290 g/mol. The van der Waals surface area contributed by atoms with Crippen LogP contribution in [-0.2, 0) is 0 Å². The first-order valence-corrected chi connectivity index (χ1v) is 8.02. The van der Waals surface area contributed by atoms with Crippen LogP contribution in [0, 0.1) is 0 Å². The van der Waals surface area contributed by atoms with Crippen LogP contribution in [0.2, 0.25) is 0 Å². The maximum Gasteiger partial charge on any atom is 0.251 e. The number of aliphatic hydroxyl groups is 1. The number of rotatable bonds is 4. The summed E-state index contributed by atoms with van der Waals surface area (Å²) in [7, 11) is 0. The number of para-hydroxylation sites is 1. The van der Waals surface area contributed by atoms with Gasteiger partial charge in [0.2, 0.25) is 0 Å². The van der Waals surface area contributed by atoms with E-state index in [0.717, 1.165) is 31.4 Å². The van der Waals surface area contributed by atoms with Gasteiger partial charge in [0.15, 0.2) is 0 Å². The van der Waals surface area contributed by atoms with Crippen LogP contribution >= 0.6 is 0 Å². The standard InChI is InChI=1S/C19H21NO3/c21-16-10-8-15(9-11-16)20-19(22)14-6-12-18(13-7-14)23-17-4-2-1-3-5-17/h1-7,12-13,15-16,21H,8-11H2,(H,20,22). The van der Waals surface area contributed by atoms with Gasteiger partial charge in [-0.1, -0.05) is 18.2 Å². The SMILES string of the molecule is O=C(NC1CCC(O)CC1)c1ccc(Oc2ccccc2)cc1. The van der Waals surface area contributed by atoms with E-state index in [0.29, 0.717) is 11.3 Å². The fraction of sp³-hybridized carbons (Fsp3) is 0.316. The zero-order valence-corrected chi connectivity index (χ0v) is 12.9. The fourth-order valence-corrected chi connectivity index (χ4v) is 2.79. The van der Waals surface area contributed by atoms with Crippen LogP contribution in [0.25, 0.3) is 0 Å². The average molecular weight is 311 g/mol. The molecule has 0 aliphatic heterocycles. The molecule has 0 heterocycles. The van der Waals surface area contributed by atoms with E-state index in [2.05, 4.69) is 5.32 Å². The van der Waals surface area contributed by atoms with Crippen LogP contribution in [0.5, 0.6) is 11.5 Å². The van der Waals surface area contributed by atoms with E-state index in [-0.39, 0.29) is 18.1 Å². The predicted molar refractivity (Wildman–Crippen MR) is 88.7 cm³/mol. The van der Waals surface area contributed by atoms with Gasteiger partial charge in [-0.15, -0.1) is 0 Å². The number of carbonyl (C=O) groups excluding carboxylic acids is 1. The summed E-state index contributed by atoms with van der Waals surface area (Å²) in [6, 6.07) is 16.8. The van der Waals surface area contributed by atoms with E-state index in [9.17, 15) is 9.90 Å². The Bertz CT molecular complexity index is 631. The molecule has 23 heavy (non-hydrogen) atoms. The molecule has 0 spiro atoms. The minimum atomic E-state index is -0.211. The Morgan fingerprint density at radius 2 is 1.52 bits per heavy atom. The number of amides is 1. The number of hydrogen-bond acceptors (Lipinski definition) is 3. The molecule has 0 saturated heterocycles. The zero-order chi connectivity index (χ0) is 16.1. The molecule has 0 bridgehead atoms. The first kappa shape index (κ1) is 15.6. The van der Waals surface area contributed by atoms with Gasteiger partial charge in [-0.25, -0.2) is 0 Å². The molecule has 0 unspecified atom stereocenters. The van der Waals surface area contributed by atoms with Crippen molar-refractivity contribution in [3.05, 3.63) is 60.2 Å². The Morgan fingerprint density at radius 3 is 2.17 bits per heavy atom. The Balaban J connectivity index is 1.57. The third kappa shape index (κ3) is 4.33. The molecule has 1 amide bonds. The molecule has 0 atom stereocenters. The van der Waals surface area contributed by atoms with Gasteiger partial charge in [-0.3, -0.25) is 4.79 Å². The summed E-state index contributed by atoms with van der Waals surface area (Å²) in [5, 5.41) is 12.5. The van der Waals surface area contributed by atoms with Crippen molar-refractivity contribution in [3.8, 4) is 11.5 Å². The Labute approximate surface area is 136 Å². The molecule has 2 aromatic rings. The average Bonchev–Trinajstić information content (AvgIpc) is 2.58. The van der Waals surface area contributed by atoms with E-state index in [4.69, 9.17) is 4.74 Å². The number of aliphatic hydroxyl groups excluding tert-OH is 1. The summed E-state index contributed by atoms with van der Waals surface area (Å²) >= 11 is 0. The van der Waals surface area contributed by atoms with Crippen LogP contribution in [0.15, 0.2) is 54.6 Å². The second-order valence-electron chi connectivity index (χ2n) is 5.92. The summed E-state index contributed by atoms with van der Waals surface area (Å²) in [5.41, 5.74) is 0.622. The summed E-state index contributed by atoms with van der Waals surface area (Å²) in [6.07, 6.45) is 2.98. The topological polar surface area (TPSA) is 58.6 Å². The van der Waals surface area contributed by atoms with E-state index in [1.807, 2.05) is 30.3 Å². The highest BCUT2D eigenvalue weighted by atomic mass is 16.5. The lowest BCUT2D eigenvalue weighted by Gasteiger charge is -2.26. The molecule has 0 radical (unpaired) electrons. The highest BCUT2D eigenvalue weighted by molar-refractivity contribution is 5.94. The summed E-state index contributed by atoms with van der Waals surface area (Å²) in [5.74, 6) is 1.40. The Morgan fingerprint density at radius 1 is 0.913 bits per heavy atom. The number of carbonyl (C=O) groups is 1. The van der Waals surface area contributed by atoms with Gasteiger partial charge in [-0.2, -0.15) is 0 Å². The van der Waals surface area contributed by atoms with Crippen molar-refractivity contribution in [2.45, 2.75) is 37.8 Å². The van der Waals surface area contributed by atoms with Crippen molar-refractivity contribution in [2.24, 2.45) is 0 Å². The normalized spacial score (nSPS) is 20.7. The van der Waals surface area contributed by atoms with Crippen LogP contribution in [0.3, 0.4) is 0 Å². The predicted octanol–water partition coefficient (Wildman–Crippen LogP) is 3.51. The van der Waals surface area contributed by atoms with Crippen molar-refractivity contribution < 1.29 is 14.6 Å². The largest absolute Gasteiger partial charge is 0.457 e. The zero-order valence-electron chi connectivity index (χ0n) is 12.9. The maximum absolute atomic E-state index is 12.2. The number of nitrogens with one attached hydrogen (secondary N) is 1. The van der Waals surface area contributed by atoms with E-state index in [1.54, 1.807) is 24.3 Å². The van der Waals surface area contributed by atoms with Gasteiger partial charge >= 0.3 is 0 Å². The third-order valence-corrected chi connectivity index (χ3v) is 4.13. The molecule has 3 rings (SSSR count). The Kier molecular flexibility index (Phi) is 4.93. The molecule has 1 fully saturated rings. The number of benzene rings is 2. The second kappa shape index (κ2) is 7.29. The monoisotopic (exact) mass is 311 g/mol. The molecule has 2 N–H and O–H groups in total.